The van der Waals surface area contributed by atoms with E-state index in [0.717, 1.165) is 27.7 Å². The van der Waals surface area contributed by atoms with Gasteiger partial charge in [-0.05, 0) is 31.0 Å². The fourth-order valence-electron chi connectivity index (χ4n) is 1.76. The molecule has 0 radical (unpaired) electrons. The number of thiazole rings is 1. The summed E-state index contributed by atoms with van der Waals surface area (Å²) in [5, 5.41) is 6.53. The van der Waals surface area contributed by atoms with Crippen LogP contribution in [0, 0.1) is 6.92 Å². The molecule has 0 aliphatic carbocycles. The predicted molar refractivity (Wildman–Crippen MR) is 78.7 cm³/mol. The van der Waals surface area contributed by atoms with Gasteiger partial charge < -0.3 is 5.32 Å². The maximum absolute atomic E-state index is 11.7. The standard InChI is InChI=1S/C14H15ClN2OS/c1-10-17-13(9-19-10)8-14(18)16-6-5-11-3-2-4-12(15)7-11/h2-4,7,9H,5-6,8H2,1H3,(H,16,18). The maximum Gasteiger partial charge on any atom is 0.226 e. The average Bonchev–Trinajstić information content (AvgIpc) is 2.75. The van der Waals surface area contributed by atoms with Crippen LogP contribution in [0.15, 0.2) is 29.6 Å². The number of aryl methyl sites for hydroxylation is 1. The number of rotatable bonds is 5. The van der Waals surface area contributed by atoms with Gasteiger partial charge in [0.05, 0.1) is 17.1 Å². The van der Waals surface area contributed by atoms with Crippen molar-refractivity contribution in [2.75, 3.05) is 6.54 Å². The third kappa shape index (κ3) is 4.65. The molecule has 0 atom stereocenters. The monoisotopic (exact) mass is 294 g/mol. The van der Waals surface area contributed by atoms with Crippen LogP contribution in [0.5, 0.6) is 0 Å². The smallest absolute Gasteiger partial charge is 0.226 e. The molecule has 0 fully saturated rings. The minimum absolute atomic E-state index is 0.00679. The van der Waals surface area contributed by atoms with Crippen molar-refractivity contribution in [1.82, 2.24) is 10.3 Å². The van der Waals surface area contributed by atoms with Gasteiger partial charge in [-0.25, -0.2) is 4.98 Å². The molecule has 0 spiro atoms. The fraction of sp³-hybridized carbons (Fsp3) is 0.286. The lowest BCUT2D eigenvalue weighted by molar-refractivity contribution is -0.120. The maximum atomic E-state index is 11.7. The Labute approximate surface area is 121 Å². The molecule has 1 aromatic carbocycles. The van der Waals surface area contributed by atoms with Crippen LogP contribution in [-0.2, 0) is 17.6 Å². The highest BCUT2D eigenvalue weighted by Crippen LogP contribution is 2.11. The van der Waals surface area contributed by atoms with Gasteiger partial charge in [0.1, 0.15) is 0 Å². The summed E-state index contributed by atoms with van der Waals surface area (Å²) in [6.07, 6.45) is 1.13. The van der Waals surface area contributed by atoms with E-state index in [1.54, 1.807) is 11.3 Å². The quantitative estimate of drug-likeness (QED) is 0.921. The third-order valence-electron chi connectivity index (χ3n) is 2.63. The molecule has 1 N–H and O–H groups in total. The highest BCUT2D eigenvalue weighted by molar-refractivity contribution is 7.09. The lowest BCUT2D eigenvalue weighted by atomic mass is 10.1. The molecule has 0 unspecified atom stereocenters. The van der Waals surface area contributed by atoms with Crippen molar-refractivity contribution in [1.29, 1.82) is 0 Å². The number of hydrogen-bond donors (Lipinski definition) is 1. The molecule has 0 aliphatic rings. The first kappa shape index (κ1) is 14.0. The number of amides is 1. The zero-order valence-electron chi connectivity index (χ0n) is 10.6. The predicted octanol–water partition coefficient (Wildman–Crippen LogP) is 3.01. The van der Waals surface area contributed by atoms with Gasteiger partial charge >= 0.3 is 0 Å². The second kappa shape index (κ2) is 6.68. The third-order valence-corrected chi connectivity index (χ3v) is 3.69. The Balaban J connectivity index is 1.75. The molecular formula is C14H15ClN2OS. The molecule has 1 amide bonds. The summed E-state index contributed by atoms with van der Waals surface area (Å²) in [5.74, 6) is 0.00679. The van der Waals surface area contributed by atoms with Crippen LogP contribution in [0.25, 0.3) is 0 Å². The number of nitrogens with one attached hydrogen (secondary N) is 1. The molecular weight excluding hydrogens is 280 g/mol. The van der Waals surface area contributed by atoms with E-state index >= 15 is 0 Å². The van der Waals surface area contributed by atoms with E-state index in [1.165, 1.54) is 0 Å². The van der Waals surface area contributed by atoms with E-state index in [2.05, 4.69) is 10.3 Å². The first-order valence-corrected chi connectivity index (χ1v) is 7.31. The number of benzene rings is 1. The van der Waals surface area contributed by atoms with Crippen molar-refractivity contribution < 1.29 is 4.79 Å². The Kier molecular flexibility index (Phi) is 4.93. The second-order valence-electron chi connectivity index (χ2n) is 4.26. The first-order valence-electron chi connectivity index (χ1n) is 6.05. The SMILES string of the molecule is Cc1nc(CC(=O)NCCc2cccc(Cl)c2)cs1. The molecule has 1 aromatic heterocycles. The largest absolute Gasteiger partial charge is 0.355 e. The van der Waals surface area contributed by atoms with Crippen LogP contribution < -0.4 is 5.32 Å². The van der Waals surface area contributed by atoms with E-state index in [9.17, 15) is 4.79 Å². The van der Waals surface area contributed by atoms with Gasteiger partial charge in [-0.2, -0.15) is 0 Å². The molecule has 0 aliphatic heterocycles. The van der Waals surface area contributed by atoms with E-state index in [-0.39, 0.29) is 5.91 Å². The van der Waals surface area contributed by atoms with Crippen molar-refractivity contribution in [3.8, 4) is 0 Å². The lowest BCUT2D eigenvalue weighted by Crippen LogP contribution is -2.27. The fourth-order valence-corrected chi connectivity index (χ4v) is 2.58. The molecule has 3 nitrogen and oxygen atoms in total. The molecule has 1 heterocycles. The second-order valence-corrected chi connectivity index (χ2v) is 5.76. The number of halogens is 1. The van der Waals surface area contributed by atoms with Crippen molar-refractivity contribution >= 4 is 28.8 Å². The van der Waals surface area contributed by atoms with E-state index < -0.39 is 0 Å². The first-order chi connectivity index (χ1) is 9.13. The van der Waals surface area contributed by atoms with Gasteiger partial charge in [0.25, 0.3) is 0 Å². The van der Waals surface area contributed by atoms with Crippen LogP contribution >= 0.6 is 22.9 Å². The molecule has 2 aromatic rings. The van der Waals surface area contributed by atoms with Crippen molar-refractivity contribution in [3.63, 3.8) is 0 Å². The van der Waals surface area contributed by atoms with Gasteiger partial charge in [0.2, 0.25) is 5.91 Å². The number of carbonyl (C=O) groups is 1. The Morgan fingerprint density at radius 2 is 2.32 bits per heavy atom. The van der Waals surface area contributed by atoms with E-state index in [1.807, 2.05) is 36.6 Å². The highest BCUT2D eigenvalue weighted by Gasteiger charge is 2.05. The summed E-state index contributed by atoms with van der Waals surface area (Å²) in [6, 6.07) is 7.67. The van der Waals surface area contributed by atoms with Gasteiger partial charge in [0, 0.05) is 16.9 Å². The summed E-state index contributed by atoms with van der Waals surface area (Å²) in [7, 11) is 0. The normalized spacial score (nSPS) is 10.4. The van der Waals surface area contributed by atoms with Gasteiger partial charge in [-0.15, -0.1) is 11.3 Å². The molecule has 0 saturated carbocycles. The van der Waals surface area contributed by atoms with Gasteiger partial charge in [-0.1, -0.05) is 23.7 Å². The molecule has 5 heteroatoms. The minimum Gasteiger partial charge on any atom is -0.355 e. The van der Waals surface area contributed by atoms with Crippen molar-refractivity contribution in [2.24, 2.45) is 0 Å². The Morgan fingerprint density at radius 3 is 3.00 bits per heavy atom. The number of nitrogens with zero attached hydrogens (tertiary/aromatic N) is 1. The van der Waals surface area contributed by atoms with Crippen LogP contribution in [-0.4, -0.2) is 17.4 Å². The zero-order chi connectivity index (χ0) is 13.7. The summed E-state index contributed by atoms with van der Waals surface area (Å²) >= 11 is 7.46. The molecule has 0 saturated heterocycles. The Morgan fingerprint density at radius 1 is 1.47 bits per heavy atom. The summed E-state index contributed by atoms with van der Waals surface area (Å²) in [4.78, 5) is 16.0. The van der Waals surface area contributed by atoms with E-state index in [0.29, 0.717) is 13.0 Å². The van der Waals surface area contributed by atoms with Crippen molar-refractivity contribution in [2.45, 2.75) is 19.8 Å². The highest BCUT2D eigenvalue weighted by atomic mass is 35.5. The summed E-state index contributed by atoms with van der Waals surface area (Å²) in [5.41, 5.74) is 1.96. The summed E-state index contributed by atoms with van der Waals surface area (Å²) in [6.45, 7) is 2.55. The lowest BCUT2D eigenvalue weighted by Gasteiger charge is -2.04. The van der Waals surface area contributed by atoms with Crippen LogP contribution in [0.3, 0.4) is 0 Å². The summed E-state index contributed by atoms with van der Waals surface area (Å²) < 4.78 is 0. The average molecular weight is 295 g/mol. The number of aromatic nitrogens is 1. The van der Waals surface area contributed by atoms with Gasteiger partial charge in [0.15, 0.2) is 0 Å². The van der Waals surface area contributed by atoms with Gasteiger partial charge in [-0.3, -0.25) is 4.79 Å². The number of carbonyl (C=O) groups excluding carboxylic acids is 1. The zero-order valence-corrected chi connectivity index (χ0v) is 12.2. The molecule has 19 heavy (non-hydrogen) atoms. The van der Waals surface area contributed by atoms with Crippen molar-refractivity contribution in [3.05, 3.63) is 50.9 Å². The number of hydrogen-bond acceptors (Lipinski definition) is 3. The van der Waals surface area contributed by atoms with E-state index in [4.69, 9.17) is 11.6 Å². The molecule has 100 valence electrons. The Bertz CT molecular complexity index is 568. The topological polar surface area (TPSA) is 42.0 Å². The minimum atomic E-state index is 0.00679. The van der Waals surface area contributed by atoms with Crippen LogP contribution in [0.4, 0.5) is 0 Å². The van der Waals surface area contributed by atoms with Crippen LogP contribution in [0.2, 0.25) is 5.02 Å². The van der Waals surface area contributed by atoms with Crippen LogP contribution in [0.1, 0.15) is 16.3 Å². The molecule has 2 rings (SSSR count). The Hall–Kier alpha value is -1.39. The molecule has 0 bridgehead atoms.